The van der Waals surface area contributed by atoms with E-state index >= 15 is 0 Å². The number of nitrogens with zero attached hydrogens (tertiary/aromatic N) is 4. The number of aromatic nitrogens is 2. The smallest absolute Gasteiger partial charge is 0.0661 e. The lowest BCUT2D eigenvalue weighted by Crippen LogP contribution is -2.45. The highest BCUT2D eigenvalue weighted by molar-refractivity contribution is 5.08. The summed E-state index contributed by atoms with van der Waals surface area (Å²) in [6, 6.07) is 2.73. The number of aryl methyl sites for hydroxylation is 2. The van der Waals surface area contributed by atoms with E-state index < -0.39 is 0 Å². The Morgan fingerprint density at radius 2 is 1.83 bits per heavy atom. The Labute approximate surface area is 140 Å². The topological polar surface area (TPSA) is 33.5 Å². The van der Waals surface area contributed by atoms with E-state index in [1.165, 1.54) is 25.2 Å². The Bertz CT molecular complexity index is 519. The van der Waals surface area contributed by atoms with E-state index in [2.05, 4.69) is 53.3 Å². The fourth-order valence-electron chi connectivity index (χ4n) is 4.19. The van der Waals surface area contributed by atoms with Crippen LogP contribution in [0.3, 0.4) is 0 Å². The lowest BCUT2D eigenvalue weighted by Gasteiger charge is -2.37. The molecule has 1 atom stereocenters. The predicted molar refractivity (Wildman–Crippen MR) is 92.8 cm³/mol. The molecule has 2 aliphatic rings. The highest BCUT2D eigenvalue weighted by Gasteiger charge is 2.31. The molecule has 0 N–H and O–H groups in total. The van der Waals surface area contributed by atoms with Crippen molar-refractivity contribution in [3.63, 3.8) is 0 Å². The van der Waals surface area contributed by atoms with Crippen molar-refractivity contribution >= 4 is 0 Å². The van der Waals surface area contributed by atoms with Gasteiger partial charge in [-0.1, -0.05) is 13.8 Å². The Morgan fingerprint density at radius 1 is 1.13 bits per heavy atom. The average Bonchev–Trinajstić information content (AvgIpc) is 3.05. The van der Waals surface area contributed by atoms with Crippen molar-refractivity contribution in [3.05, 3.63) is 17.5 Å². The Kier molecular flexibility index (Phi) is 5.09. The first kappa shape index (κ1) is 16.9. The van der Waals surface area contributed by atoms with Crippen molar-refractivity contribution in [3.8, 4) is 0 Å². The van der Waals surface area contributed by atoms with Gasteiger partial charge in [-0.25, -0.2) is 0 Å². The first-order chi connectivity index (χ1) is 10.9. The molecule has 130 valence electrons. The van der Waals surface area contributed by atoms with Crippen LogP contribution in [0, 0.1) is 19.3 Å². The van der Waals surface area contributed by atoms with Gasteiger partial charge in [-0.15, -0.1) is 0 Å². The summed E-state index contributed by atoms with van der Waals surface area (Å²) in [4.78, 5) is 5.18. The van der Waals surface area contributed by atoms with Crippen molar-refractivity contribution in [2.24, 2.45) is 5.41 Å². The number of likely N-dealkylation sites (tertiary alicyclic amines) is 1. The second-order valence-corrected chi connectivity index (χ2v) is 8.10. The molecule has 1 aromatic heterocycles. The third kappa shape index (κ3) is 4.34. The van der Waals surface area contributed by atoms with Gasteiger partial charge < -0.3 is 9.64 Å². The largest absolute Gasteiger partial charge is 0.379 e. The van der Waals surface area contributed by atoms with Crippen LogP contribution in [0.4, 0.5) is 0 Å². The molecule has 0 unspecified atom stereocenters. The molecule has 0 radical (unpaired) electrons. The van der Waals surface area contributed by atoms with Crippen LogP contribution in [0.15, 0.2) is 6.07 Å². The maximum Gasteiger partial charge on any atom is 0.0661 e. The van der Waals surface area contributed by atoms with Crippen LogP contribution in [-0.2, 0) is 4.74 Å². The summed E-state index contributed by atoms with van der Waals surface area (Å²) in [6.07, 6.45) is 1.22. The molecule has 3 rings (SSSR count). The summed E-state index contributed by atoms with van der Waals surface area (Å²) in [5.41, 5.74) is 2.75. The zero-order chi connectivity index (χ0) is 16.4. The van der Waals surface area contributed by atoms with E-state index in [0.29, 0.717) is 11.5 Å². The van der Waals surface area contributed by atoms with E-state index in [1.54, 1.807) is 0 Å². The van der Waals surface area contributed by atoms with E-state index in [-0.39, 0.29) is 0 Å². The minimum atomic E-state index is 0.321. The molecule has 2 fully saturated rings. The second kappa shape index (κ2) is 6.91. The van der Waals surface area contributed by atoms with Crippen LogP contribution in [0.1, 0.15) is 37.7 Å². The Balaban J connectivity index is 1.53. The molecule has 0 saturated carbocycles. The average molecular weight is 320 g/mol. The maximum absolute atomic E-state index is 5.46. The number of hydrogen-bond acceptors (Lipinski definition) is 4. The SMILES string of the molecule is Cc1cc(C)n([C@H]2CCN(CC(C)(C)CN3CCOCC3)C2)n1. The van der Waals surface area contributed by atoms with Crippen molar-refractivity contribution in [1.29, 1.82) is 0 Å². The third-order valence-corrected chi connectivity index (χ3v) is 5.04. The van der Waals surface area contributed by atoms with Crippen LogP contribution < -0.4 is 0 Å². The molecular formula is C18H32N4O. The van der Waals surface area contributed by atoms with Gasteiger partial charge in [0.2, 0.25) is 0 Å². The molecule has 5 nitrogen and oxygen atoms in total. The summed E-state index contributed by atoms with van der Waals surface area (Å²) < 4.78 is 7.70. The standard InChI is InChI=1S/C18H32N4O/c1-15-11-16(2)22(19-15)17-5-6-21(12-17)14-18(3,4)13-20-7-9-23-10-8-20/h11,17H,5-10,12-14H2,1-4H3/t17-/m0/s1. The van der Waals surface area contributed by atoms with Crippen molar-refractivity contribution in [1.82, 2.24) is 19.6 Å². The van der Waals surface area contributed by atoms with Gasteiger partial charge in [0.15, 0.2) is 0 Å². The molecule has 0 aliphatic carbocycles. The highest BCUT2D eigenvalue weighted by Crippen LogP contribution is 2.27. The van der Waals surface area contributed by atoms with Crippen LogP contribution in [-0.4, -0.2) is 72.1 Å². The number of hydrogen-bond donors (Lipinski definition) is 0. The molecule has 2 aliphatic heterocycles. The molecule has 0 bridgehead atoms. The zero-order valence-electron chi connectivity index (χ0n) is 15.2. The Hall–Kier alpha value is -0.910. The summed E-state index contributed by atoms with van der Waals surface area (Å²) in [7, 11) is 0. The summed E-state index contributed by atoms with van der Waals surface area (Å²) in [5.74, 6) is 0. The van der Waals surface area contributed by atoms with Crippen molar-refractivity contribution in [2.75, 3.05) is 52.5 Å². The monoisotopic (exact) mass is 320 g/mol. The van der Waals surface area contributed by atoms with Gasteiger partial charge in [0.05, 0.1) is 24.9 Å². The molecule has 0 amide bonds. The van der Waals surface area contributed by atoms with Crippen molar-refractivity contribution < 1.29 is 4.74 Å². The highest BCUT2D eigenvalue weighted by atomic mass is 16.5. The molecule has 23 heavy (non-hydrogen) atoms. The van der Waals surface area contributed by atoms with Crippen molar-refractivity contribution in [2.45, 2.75) is 40.2 Å². The van der Waals surface area contributed by atoms with Crippen LogP contribution in [0.2, 0.25) is 0 Å². The number of rotatable bonds is 5. The van der Waals surface area contributed by atoms with Crippen LogP contribution in [0.5, 0.6) is 0 Å². The lowest BCUT2D eigenvalue weighted by atomic mass is 9.92. The quantitative estimate of drug-likeness (QED) is 0.832. The van der Waals surface area contributed by atoms with Crippen LogP contribution in [0.25, 0.3) is 0 Å². The van der Waals surface area contributed by atoms with E-state index in [4.69, 9.17) is 4.74 Å². The summed E-state index contributed by atoms with van der Waals surface area (Å²) in [5, 5.41) is 4.68. The number of ether oxygens (including phenoxy) is 1. The second-order valence-electron chi connectivity index (χ2n) is 8.10. The van der Waals surface area contributed by atoms with Gasteiger partial charge in [-0.2, -0.15) is 5.10 Å². The fraction of sp³-hybridized carbons (Fsp3) is 0.833. The molecular weight excluding hydrogens is 288 g/mol. The van der Waals surface area contributed by atoms with E-state index in [9.17, 15) is 0 Å². The van der Waals surface area contributed by atoms with Gasteiger partial charge >= 0.3 is 0 Å². The van der Waals surface area contributed by atoms with E-state index in [0.717, 1.165) is 45.1 Å². The molecule has 0 spiro atoms. The normalized spacial score (nSPS) is 24.4. The predicted octanol–water partition coefficient (Wildman–Crippen LogP) is 2.11. The summed E-state index contributed by atoms with van der Waals surface area (Å²) >= 11 is 0. The Morgan fingerprint density at radius 3 is 2.48 bits per heavy atom. The molecule has 3 heterocycles. The van der Waals surface area contributed by atoms with Gasteiger partial charge in [0, 0.05) is 45.0 Å². The minimum Gasteiger partial charge on any atom is -0.379 e. The molecule has 0 aromatic carbocycles. The molecule has 1 aromatic rings. The zero-order valence-corrected chi connectivity index (χ0v) is 15.2. The molecule has 5 heteroatoms. The first-order valence-corrected chi connectivity index (χ1v) is 8.98. The van der Waals surface area contributed by atoms with Gasteiger partial charge in [0.1, 0.15) is 0 Å². The summed E-state index contributed by atoms with van der Waals surface area (Å²) in [6.45, 7) is 17.7. The molecule has 2 saturated heterocycles. The van der Waals surface area contributed by atoms with Gasteiger partial charge in [-0.05, 0) is 31.7 Å². The lowest BCUT2D eigenvalue weighted by molar-refractivity contribution is 0.0162. The van der Waals surface area contributed by atoms with Crippen LogP contribution >= 0.6 is 0 Å². The van der Waals surface area contributed by atoms with Gasteiger partial charge in [0.25, 0.3) is 0 Å². The number of morpholine rings is 1. The van der Waals surface area contributed by atoms with Gasteiger partial charge in [-0.3, -0.25) is 9.58 Å². The maximum atomic E-state index is 5.46. The third-order valence-electron chi connectivity index (χ3n) is 5.04. The minimum absolute atomic E-state index is 0.321. The fourth-order valence-corrected chi connectivity index (χ4v) is 4.19. The first-order valence-electron chi connectivity index (χ1n) is 8.98. The van der Waals surface area contributed by atoms with E-state index in [1.807, 2.05) is 0 Å².